The Morgan fingerprint density at radius 3 is 2.53 bits per heavy atom. The van der Waals surface area contributed by atoms with Crippen LogP contribution in [0.2, 0.25) is 0 Å². The fourth-order valence-corrected chi connectivity index (χ4v) is 5.56. The molecule has 2 amide bonds. The number of pyridine rings is 1. The van der Waals surface area contributed by atoms with Crippen LogP contribution < -0.4 is 0 Å². The molecule has 3 saturated heterocycles. The van der Waals surface area contributed by atoms with Crippen LogP contribution in [-0.2, 0) is 16.1 Å². The minimum atomic E-state index is -0.486. The van der Waals surface area contributed by atoms with E-state index >= 15 is 0 Å². The fraction of sp³-hybridized carbons (Fsp3) is 0.696. The number of hydrogen-bond donors (Lipinski definition) is 0. The smallest absolute Gasteiger partial charge is 0.236 e. The Bertz CT molecular complexity index is 747. The van der Waals surface area contributed by atoms with Crippen molar-refractivity contribution in [3.8, 4) is 0 Å². The number of carbonyl (C=O) groups excluding carboxylic acids is 2. The van der Waals surface area contributed by atoms with E-state index in [0.717, 1.165) is 26.2 Å². The molecule has 3 aliphatic rings. The third kappa shape index (κ3) is 4.37. The number of fused-ring (bicyclic) bond motifs is 1. The molecule has 0 radical (unpaired) electrons. The fourth-order valence-electron chi connectivity index (χ4n) is 5.56. The summed E-state index contributed by atoms with van der Waals surface area (Å²) in [6, 6.07) is 4.04. The Morgan fingerprint density at radius 1 is 1.10 bits per heavy atom. The molecule has 7 heteroatoms. The summed E-state index contributed by atoms with van der Waals surface area (Å²) in [6.07, 6.45) is 8.58. The van der Waals surface area contributed by atoms with Gasteiger partial charge in [-0.2, -0.15) is 0 Å². The third-order valence-corrected chi connectivity index (χ3v) is 7.05. The lowest BCUT2D eigenvalue weighted by atomic mass is 9.80. The summed E-state index contributed by atoms with van der Waals surface area (Å²) in [6.45, 7) is 6.12. The van der Waals surface area contributed by atoms with Crippen LogP contribution in [0.4, 0.5) is 0 Å². The predicted molar refractivity (Wildman–Crippen MR) is 116 cm³/mol. The van der Waals surface area contributed by atoms with Gasteiger partial charge in [-0.1, -0.05) is 18.9 Å². The van der Waals surface area contributed by atoms with Crippen LogP contribution in [0.15, 0.2) is 24.5 Å². The SMILES string of the molecule is CN(C)C(=O)[C@]12CN(Cc3cccnc3)C[C@H]1CN(C(=O)CN1CCCCCC1)C2. The molecule has 0 saturated carbocycles. The lowest BCUT2D eigenvalue weighted by Gasteiger charge is -2.31. The quantitative estimate of drug-likeness (QED) is 0.728. The second-order valence-corrected chi connectivity index (χ2v) is 9.55. The van der Waals surface area contributed by atoms with Crippen molar-refractivity contribution in [1.82, 2.24) is 24.6 Å². The van der Waals surface area contributed by atoms with Gasteiger partial charge in [0.05, 0.1) is 12.0 Å². The third-order valence-electron chi connectivity index (χ3n) is 7.05. The van der Waals surface area contributed by atoms with E-state index in [9.17, 15) is 9.59 Å². The molecule has 7 nitrogen and oxygen atoms in total. The van der Waals surface area contributed by atoms with Gasteiger partial charge < -0.3 is 9.80 Å². The molecule has 1 aromatic rings. The van der Waals surface area contributed by atoms with Crippen molar-refractivity contribution in [2.24, 2.45) is 11.3 Å². The molecular weight excluding hydrogens is 378 g/mol. The largest absolute Gasteiger partial charge is 0.348 e. The van der Waals surface area contributed by atoms with Crippen LogP contribution in [-0.4, -0.2) is 96.3 Å². The Morgan fingerprint density at radius 2 is 1.87 bits per heavy atom. The van der Waals surface area contributed by atoms with E-state index in [1.807, 2.05) is 31.3 Å². The highest BCUT2D eigenvalue weighted by Gasteiger charge is 2.58. The van der Waals surface area contributed by atoms with Crippen LogP contribution in [0, 0.1) is 11.3 Å². The molecule has 164 valence electrons. The van der Waals surface area contributed by atoms with E-state index in [4.69, 9.17) is 0 Å². The molecule has 4 rings (SSSR count). The summed E-state index contributed by atoms with van der Waals surface area (Å²) in [7, 11) is 3.67. The van der Waals surface area contributed by atoms with E-state index in [2.05, 4.69) is 20.9 Å². The first-order valence-electron chi connectivity index (χ1n) is 11.3. The van der Waals surface area contributed by atoms with Crippen molar-refractivity contribution < 1.29 is 9.59 Å². The Hall–Kier alpha value is -1.99. The number of hydrogen-bond acceptors (Lipinski definition) is 5. The summed E-state index contributed by atoms with van der Waals surface area (Å²) in [4.78, 5) is 39.0. The topological polar surface area (TPSA) is 60.0 Å². The van der Waals surface area contributed by atoms with E-state index < -0.39 is 5.41 Å². The van der Waals surface area contributed by atoms with E-state index in [-0.39, 0.29) is 17.7 Å². The zero-order valence-corrected chi connectivity index (χ0v) is 18.4. The Kier molecular flexibility index (Phi) is 6.39. The first-order chi connectivity index (χ1) is 14.5. The van der Waals surface area contributed by atoms with Gasteiger partial charge in [-0.05, 0) is 37.6 Å². The highest BCUT2D eigenvalue weighted by atomic mass is 16.2. The second kappa shape index (κ2) is 9.02. The van der Waals surface area contributed by atoms with E-state index in [1.165, 1.54) is 31.2 Å². The molecule has 0 unspecified atom stereocenters. The summed E-state index contributed by atoms with van der Waals surface area (Å²) in [5.41, 5.74) is 0.680. The second-order valence-electron chi connectivity index (χ2n) is 9.55. The number of nitrogens with zero attached hydrogens (tertiary/aromatic N) is 5. The zero-order chi connectivity index (χ0) is 21.1. The van der Waals surface area contributed by atoms with Crippen molar-refractivity contribution >= 4 is 11.8 Å². The van der Waals surface area contributed by atoms with Crippen molar-refractivity contribution in [2.45, 2.75) is 32.2 Å². The number of likely N-dealkylation sites (tertiary alicyclic amines) is 3. The van der Waals surface area contributed by atoms with Gasteiger partial charge in [-0.15, -0.1) is 0 Å². The normalized spacial score (nSPS) is 27.7. The van der Waals surface area contributed by atoms with Crippen molar-refractivity contribution in [3.05, 3.63) is 30.1 Å². The maximum atomic E-state index is 13.3. The first kappa shape index (κ1) is 21.2. The van der Waals surface area contributed by atoms with E-state index in [0.29, 0.717) is 26.2 Å². The molecule has 0 aromatic carbocycles. The van der Waals surface area contributed by atoms with Crippen molar-refractivity contribution in [3.63, 3.8) is 0 Å². The summed E-state index contributed by atoms with van der Waals surface area (Å²) >= 11 is 0. The van der Waals surface area contributed by atoms with Crippen LogP contribution in [0.3, 0.4) is 0 Å². The highest BCUT2D eigenvalue weighted by molar-refractivity contribution is 5.86. The molecule has 3 fully saturated rings. The number of carbonyl (C=O) groups is 2. The predicted octanol–water partition coefficient (Wildman–Crippen LogP) is 1.31. The maximum Gasteiger partial charge on any atom is 0.236 e. The molecule has 4 heterocycles. The van der Waals surface area contributed by atoms with Crippen LogP contribution in [0.1, 0.15) is 31.2 Å². The highest BCUT2D eigenvalue weighted by Crippen LogP contribution is 2.44. The maximum absolute atomic E-state index is 13.3. The Balaban J connectivity index is 1.44. The average Bonchev–Trinajstić information content (AvgIpc) is 3.12. The van der Waals surface area contributed by atoms with Gasteiger partial charge in [0.15, 0.2) is 0 Å². The summed E-state index contributed by atoms with van der Waals surface area (Å²) in [5.74, 6) is 0.541. The number of amides is 2. The van der Waals surface area contributed by atoms with E-state index in [1.54, 1.807) is 11.1 Å². The summed E-state index contributed by atoms with van der Waals surface area (Å²) in [5, 5.41) is 0. The first-order valence-corrected chi connectivity index (χ1v) is 11.3. The number of aromatic nitrogens is 1. The molecule has 3 aliphatic heterocycles. The van der Waals surface area contributed by atoms with Gasteiger partial charge >= 0.3 is 0 Å². The average molecular weight is 414 g/mol. The van der Waals surface area contributed by atoms with Gasteiger partial charge in [0.2, 0.25) is 11.8 Å². The van der Waals surface area contributed by atoms with Crippen LogP contribution in [0.5, 0.6) is 0 Å². The minimum Gasteiger partial charge on any atom is -0.348 e. The molecular formula is C23H35N5O2. The van der Waals surface area contributed by atoms with Gasteiger partial charge in [-0.3, -0.25) is 24.4 Å². The van der Waals surface area contributed by atoms with Crippen LogP contribution in [0.25, 0.3) is 0 Å². The zero-order valence-electron chi connectivity index (χ0n) is 18.4. The lowest BCUT2D eigenvalue weighted by Crippen LogP contribution is -2.48. The minimum absolute atomic E-state index is 0.159. The number of rotatable bonds is 5. The monoisotopic (exact) mass is 413 g/mol. The molecule has 2 atom stereocenters. The van der Waals surface area contributed by atoms with Gasteiger partial charge in [0.1, 0.15) is 0 Å². The molecule has 1 aromatic heterocycles. The Labute approximate surface area is 180 Å². The van der Waals surface area contributed by atoms with Crippen molar-refractivity contribution in [2.75, 3.05) is 59.9 Å². The molecule has 0 N–H and O–H groups in total. The molecule has 0 aliphatic carbocycles. The summed E-state index contributed by atoms with van der Waals surface area (Å²) < 4.78 is 0. The van der Waals surface area contributed by atoms with Gasteiger partial charge in [0.25, 0.3) is 0 Å². The lowest BCUT2D eigenvalue weighted by molar-refractivity contribution is -0.140. The molecule has 0 bridgehead atoms. The molecule has 0 spiro atoms. The van der Waals surface area contributed by atoms with Crippen LogP contribution >= 0.6 is 0 Å². The van der Waals surface area contributed by atoms with Gasteiger partial charge in [0, 0.05) is 65.1 Å². The molecule has 30 heavy (non-hydrogen) atoms. The standard InChI is InChI=1S/C23H35N5O2/c1-25(2)22(30)23-17-27(13-19-8-7-9-24-12-19)14-20(23)15-28(18-23)21(29)16-26-10-5-3-4-6-11-26/h7-9,12,20H,3-6,10-11,13-18H2,1-2H3/t20-,23-/m0/s1. The van der Waals surface area contributed by atoms with Crippen molar-refractivity contribution in [1.29, 1.82) is 0 Å². The van der Waals surface area contributed by atoms with Gasteiger partial charge in [-0.25, -0.2) is 0 Å².